The van der Waals surface area contributed by atoms with Gasteiger partial charge in [0.25, 0.3) is 0 Å². The second-order valence-corrected chi connectivity index (χ2v) is 4.40. The van der Waals surface area contributed by atoms with Gasteiger partial charge in [0.05, 0.1) is 5.69 Å². The van der Waals surface area contributed by atoms with Crippen LogP contribution in [0.3, 0.4) is 0 Å². The summed E-state index contributed by atoms with van der Waals surface area (Å²) in [6, 6.07) is 9.78. The highest BCUT2D eigenvalue weighted by Crippen LogP contribution is 2.29. The summed E-state index contributed by atoms with van der Waals surface area (Å²) >= 11 is 0. The van der Waals surface area contributed by atoms with Gasteiger partial charge >= 0.3 is 0 Å². The summed E-state index contributed by atoms with van der Waals surface area (Å²) in [4.78, 5) is 0. The molecule has 0 aliphatic carbocycles. The molecule has 2 aromatic rings. The van der Waals surface area contributed by atoms with Crippen molar-refractivity contribution < 1.29 is 4.74 Å². The number of benzene rings is 1. The summed E-state index contributed by atoms with van der Waals surface area (Å²) in [6.07, 6.45) is 0.880. The van der Waals surface area contributed by atoms with E-state index in [1.54, 1.807) is 4.68 Å². The van der Waals surface area contributed by atoms with Crippen molar-refractivity contribution in [3.8, 4) is 11.6 Å². The SMILES string of the molecule is CC[C@H](N)c1ccccc1Oc1cc(C)nn1C. The van der Waals surface area contributed by atoms with E-state index < -0.39 is 0 Å². The Kier molecular flexibility index (Phi) is 3.67. The molecule has 0 aliphatic rings. The van der Waals surface area contributed by atoms with Gasteiger partial charge < -0.3 is 10.5 Å². The van der Waals surface area contributed by atoms with Gasteiger partial charge in [0.2, 0.25) is 5.88 Å². The van der Waals surface area contributed by atoms with Crippen molar-refractivity contribution >= 4 is 0 Å². The summed E-state index contributed by atoms with van der Waals surface area (Å²) < 4.78 is 7.63. The van der Waals surface area contributed by atoms with Crippen LogP contribution < -0.4 is 10.5 Å². The Labute approximate surface area is 107 Å². The minimum Gasteiger partial charge on any atom is -0.439 e. The lowest BCUT2D eigenvalue weighted by atomic mass is 10.0. The van der Waals surface area contributed by atoms with Crippen LogP contribution in [0.2, 0.25) is 0 Å². The first-order valence-corrected chi connectivity index (χ1v) is 6.14. The topological polar surface area (TPSA) is 53.1 Å². The largest absolute Gasteiger partial charge is 0.439 e. The molecular weight excluding hydrogens is 226 g/mol. The standard InChI is InChI=1S/C14H19N3O/c1-4-12(15)11-7-5-6-8-13(11)18-14-9-10(2)16-17(14)3/h5-9,12H,4,15H2,1-3H3/t12-/m0/s1. The molecule has 1 atom stereocenters. The van der Waals surface area contributed by atoms with Crippen LogP contribution in [0.25, 0.3) is 0 Å². The zero-order valence-corrected chi connectivity index (χ0v) is 11.1. The average Bonchev–Trinajstić information content (AvgIpc) is 2.67. The number of aromatic nitrogens is 2. The van der Waals surface area contributed by atoms with E-state index in [-0.39, 0.29) is 6.04 Å². The predicted molar refractivity (Wildman–Crippen MR) is 71.7 cm³/mol. The molecule has 1 aromatic heterocycles. The van der Waals surface area contributed by atoms with Crippen LogP contribution in [-0.2, 0) is 7.05 Å². The van der Waals surface area contributed by atoms with E-state index >= 15 is 0 Å². The zero-order valence-electron chi connectivity index (χ0n) is 11.1. The fourth-order valence-electron chi connectivity index (χ4n) is 1.89. The van der Waals surface area contributed by atoms with Crippen molar-refractivity contribution in [2.24, 2.45) is 12.8 Å². The van der Waals surface area contributed by atoms with Crippen molar-refractivity contribution in [1.82, 2.24) is 9.78 Å². The lowest BCUT2D eigenvalue weighted by molar-refractivity contribution is 0.421. The van der Waals surface area contributed by atoms with Gasteiger partial charge in [-0.15, -0.1) is 0 Å². The molecular formula is C14H19N3O. The van der Waals surface area contributed by atoms with Gasteiger partial charge in [-0.3, -0.25) is 0 Å². The molecule has 0 saturated heterocycles. The van der Waals surface area contributed by atoms with Crippen LogP contribution in [0.4, 0.5) is 0 Å². The Bertz CT molecular complexity index is 534. The minimum absolute atomic E-state index is 0.00414. The third-order valence-corrected chi connectivity index (χ3v) is 2.93. The van der Waals surface area contributed by atoms with E-state index in [4.69, 9.17) is 10.5 Å². The summed E-state index contributed by atoms with van der Waals surface area (Å²) in [5.41, 5.74) is 8.05. The van der Waals surface area contributed by atoms with Crippen LogP contribution in [0.5, 0.6) is 11.6 Å². The summed E-state index contributed by atoms with van der Waals surface area (Å²) in [5, 5.41) is 4.26. The molecule has 4 nitrogen and oxygen atoms in total. The third kappa shape index (κ3) is 2.54. The highest BCUT2D eigenvalue weighted by molar-refractivity contribution is 5.38. The smallest absolute Gasteiger partial charge is 0.217 e. The normalized spacial score (nSPS) is 12.4. The Morgan fingerprint density at radius 2 is 2.11 bits per heavy atom. The highest BCUT2D eigenvalue weighted by atomic mass is 16.5. The quantitative estimate of drug-likeness (QED) is 0.901. The maximum Gasteiger partial charge on any atom is 0.217 e. The van der Waals surface area contributed by atoms with E-state index in [0.717, 1.165) is 29.3 Å². The van der Waals surface area contributed by atoms with Crippen molar-refractivity contribution in [2.75, 3.05) is 0 Å². The Morgan fingerprint density at radius 3 is 2.72 bits per heavy atom. The van der Waals surface area contributed by atoms with Gasteiger partial charge in [-0.05, 0) is 19.4 Å². The fourth-order valence-corrected chi connectivity index (χ4v) is 1.89. The molecule has 0 amide bonds. The summed E-state index contributed by atoms with van der Waals surface area (Å²) in [7, 11) is 1.87. The molecule has 2 rings (SSSR count). The maximum atomic E-state index is 6.09. The zero-order chi connectivity index (χ0) is 13.1. The lowest BCUT2D eigenvalue weighted by Gasteiger charge is -2.15. The predicted octanol–water partition coefficient (Wildman–Crippen LogP) is 2.93. The Balaban J connectivity index is 2.31. The molecule has 0 saturated carbocycles. The first-order valence-electron chi connectivity index (χ1n) is 6.14. The van der Waals surface area contributed by atoms with Crippen molar-refractivity contribution in [3.63, 3.8) is 0 Å². The number of aryl methyl sites for hydroxylation is 2. The molecule has 0 unspecified atom stereocenters. The Hall–Kier alpha value is -1.81. The molecule has 0 spiro atoms. The van der Waals surface area contributed by atoms with Gasteiger partial charge in [0.15, 0.2) is 0 Å². The molecule has 0 aliphatic heterocycles. The number of para-hydroxylation sites is 1. The molecule has 96 valence electrons. The highest BCUT2D eigenvalue weighted by Gasteiger charge is 2.12. The number of hydrogen-bond donors (Lipinski definition) is 1. The van der Waals surface area contributed by atoms with Crippen molar-refractivity contribution in [1.29, 1.82) is 0 Å². The first-order chi connectivity index (χ1) is 8.61. The second-order valence-electron chi connectivity index (χ2n) is 4.40. The van der Waals surface area contributed by atoms with Gasteiger partial charge in [-0.2, -0.15) is 5.10 Å². The monoisotopic (exact) mass is 245 g/mol. The van der Waals surface area contributed by atoms with E-state index in [2.05, 4.69) is 12.0 Å². The van der Waals surface area contributed by atoms with E-state index in [1.165, 1.54) is 0 Å². The van der Waals surface area contributed by atoms with Crippen LogP contribution in [0.15, 0.2) is 30.3 Å². The van der Waals surface area contributed by atoms with Gasteiger partial charge in [0, 0.05) is 24.7 Å². The number of nitrogens with zero attached hydrogens (tertiary/aromatic N) is 2. The lowest BCUT2D eigenvalue weighted by Crippen LogP contribution is -2.10. The van der Waals surface area contributed by atoms with Crippen molar-refractivity contribution in [3.05, 3.63) is 41.6 Å². The summed E-state index contributed by atoms with van der Waals surface area (Å²) in [6.45, 7) is 4.01. The molecule has 1 heterocycles. The van der Waals surface area contributed by atoms with Crippen LogP contribution in [-0.4, -0.2) is 9.78 Å². The van der Waals surface area contributed by atoms with Gasteiger partial charge in [0.1, 0.15) is 5.75 Å². The molecule has 0 fully saturated rings. The molecule has 18 heavy (non-hydrogen) atoms. The second kappa shape index (κ2) is 5.23. The molecule has 4 heteroatoms. The number of hydrogen-bond acceptors (Lipinski definition) is 3. The number of ether oxygens (including phenoxy) is 1. The van der Waals surface area contributed by atoms with Crippen LogP contribution >= 0.6 is 0 Å². The molecule has 0 radical (unpaired) electrons. The number of rotatable bonds is 4. The van der Waals surface area contributed by atoms with E-state index in [9.17, 15) is 0 Å². The maximum absolute atomic E-state index is 6.09. The van der Waals surface area contributed by atoms with Crippen molar-refractivity contribution in [2.45, 2.75) is 26.3 Å². The molecule has 2 N–H and O–H groups in total. The van der Waals surface area contributed by atoms with E-state index in [0.29, 0.717) is 0 Å². The fraction of sp³-hybridized carbons (Fsp3) is 0.357. The van der Waals surface area contributed by atoms with Crippen LogP contribution in [0, 0.1) is 6.92 Å². The van der Waals surface area contributed by atoms with Crippen LogP contribution in [0.1, 0.15) is 30.6 Å². The van der Waals surface area contributed by atoms with Gasteiger partial charge in [-0.1, -0.05) is 25.1 Å². The Morgan fingerprint density at radius 1 is 1.39 bits per heavy atom. The molecule has 1 aromatic carbocycles. The number of nitrogens with two attached hydrogens (primary N) is 1. The first kappa shape index (κ1) is 12.6. The average molecular weight is 245 g/mol. The molecule has 0 bridgehead atoms. The summed E-state index contributed by atoms with van der Waals surface area (Å²) in [5.74, 6) is 1.53. The van der Waals surface area contributed by atoms with Gasteiger partial charge in [-0.25, -0.2) is 4.68 Å². The van der Waals surface area contributed by atoms with E-state index in [1.807, 2.05) is 44.3 Å². The minimum atomic E-state index is -0.00414. The third-order valence-electron chi connectivity index (χ3n) is 2.93.